The standard InChI is InChI=1S/C26H27N3O2S2/c1-19-6-5-7-20(16-19)18-32-26-27-22-17-23(21-8-3-2-4-9-21)33-24(22)25(30)29(26)11-10-28-12-14-31-15-13-28/h2-9,16-17H,10-15,18H2,1H3. The first-order chi connectivity index (χ1) is 16.2. The first-order valence-corrected chi connectivity index (χ1v) is 13.1. The molecule has 0 amide bonds. The zero-order valence-corrected chi connectivity index (χ0v) is 20.3. The van der Waals surface area contributed by atoms with E-state index in [2.05, 4.69) is 54.3 Å². The molecule has 0 aliphatic carbocycles. The summed E-state index contributed by atoms with van der Waals surface area (Å²) in [7, 11) is 0. The molecule has 0 radical (unpaired) electrons. The highest BCUT2D eigenvalue weighted by molar-refractivity contribution is 7.98. The van der Waals surface area contributed by atoms with Crippen molar-refractivity contribution in [2.75, 3.05) is 32.8 Å². The molecule has 0 saturated carbocycles. The van der Waals surface area contributed by atoms with Crippen molar-refractivity contribution in [1.82, 2.24) is 14.5 Å². The van der Waals surface area contributed by atoms with Crippen LogP contribution in [0.15, 0.2) is 70.6 Å². The smallest absolute Gasteiger partial charge is 0.272 e. The largest absolute Gasteiger partial charge is 0.379 e. The number of hydrogen-bond donors (Lipinski definition) is 0. The summed E-state index contributed by atoms with van der Waals surface area (Å²) < 4.78 is 8.08. The minimum atomic E-state index is 0.0622. The third kappa shape index (κ3) is 5.22. The van der Waals surface area contributed by atoms with Crippen LogP contribution >= 0.6 is 23.1 Å². The predicted molar refractivity (Wildman–Crippen MR) is 137 cm³/mol. The number of benzene rings is 2. The molecule has 1 fully saturated rings. The average Bonchev–Trinajstić information content (AvgIpc) is 3.28. The summed E-state index contributed by atoms with van der Waals surface area (Å²) >= 11 is 3.18. The summed E-state index contributed by atoms with van der Waals surface area (Å²) in [5, 5.41) is 0.791. The van der Waals surface area contributed by atoms with Gasteiger partial charge < -0.3 is 4.74 Å². The van der Waals surface area contributed by atoms with Crippen molar-refractivity contribution in [2.45, 2.75) is 24.4 Å². The molecule has 1 aliphatic rings. The van der Waals surface area contributed by atoms with Gasteiger partial charge >= 0.3 is 0 Å². The van der Waals surface area contributed by atoms with Gasteiger partial charge in [0.25, 0.3) is 5.56 Å². The van der Waals surface area contributed by atoms with Gasteiger partial charge in [0, 0.05) is 36.8 Å². The van der Waals surface area contributed by atoms with E-state index >= 15 is 0 Å². The van der Waals surface area contributed by atoms with Crippen molar-refractivity contribution < 1.29 is 4.74 Å². The molecule has 0 spiro atoms. The van der Waals surface area contributed by atoms with Crippen LogP contribution in [0, 0.1) is 6.92 Å². The monoisotopic (exact) mass is 477 g/mol. The van der Waals surface area contributed by atoms with Crippen molar-refractivity contribution in [1.29, 1.82) is 0 Å². The van der Waals surface area contributed by atoms with Gasteiger partial charge in [-0.05, 0) is 24.1 Å². The summed E-state index contributed by atoms with van der Waals surface area (Å²) in [4.78, 5) is 22.0. The van der Waals surface area contributed by atoms with Crippen LogP contribution in [-0.4, -0.2) is 47.3 Å². The van der Waals surface area contributed by atoms with Crippen molar-refractivity contribution >= 4 is 33.3 Å². The second kappa shape index (κ2) is 10.2. The molecule has 2 aromatic carbocycles. The minimum absolute atomic E-state index is 0.0622. The molecule has 0 N–H and O–H groups in total. The molecule has 3 heterocycles. The fraction of sp³-hybridized carbons (Fsp3) is 0.308. The lowest BCUT2D eigenvalue weighted by Crippen LogP contribution is -2.39. The number of aryl methyl sites for hydroxylation is 1. The Balaban J connectivity index is 1.49. The molecule has 1 saturated heterocycles. The van der Waals surface area contributed by atoms with Crippen LogP contribution in [0.4, 0.5) is 0 Å². The summed E-state index contributed by atoms with van der Waals surface area (Å²) in [5.74, 6) is 0.785. The van der Waals surface area contributed by atoms with E-state index in [1.165, 1.54) is 22.5 Å². The summed E-state index contributed by atoms with van der Waals surface area (Å²) in [6, 6.07) is 20.8. The number of ether oxygens (including phenoxy) is 1. The van der Waals surface area contributed by atoms with Crippen molar-refractivity contribution in [3.05, 3.63) is 82.1 Å². The first-order valence-electron chi connectivity index (χ1n) is 11.3. The summed E-state index contributed by atoms with van der Waals surface area (Å²) in [5.41, 5.74) is 4.45. The van der Waals surface area contributed by atoms with Crippen molar-refractivity contribution in [2.24, 2.45) is 0 Å². The number of rotatable bonds is 7. The number of aromatic nitrogens is 2. The molecule has 5 nitrogen and oxygen atoms in total. The molecule has 33 heavy (non-hydrogen) atoms. The van der Waals surface area contributed by atoms with E-state index in [4.69, 9.17) is 9.72 Å². The maximum Gasteiger partial charge on any atom is 0.272 e. The van der Waals surface area contributed by atoms with Crippen LogP contribution in [0.3, 0.4) is 0 Å². The third-order valence-electron chi connectivity index (χ3n) is 5.85. The van der Waals surface area contributed by atoms with Crippen LogP contribution in [0.2, 0.25) is 0 Å². The Morgan fingerprint density at radius 1 is 1.03 bits per heavy atom. The number of nitrogens with zero attached hydrogens (tertiary/aromatic N) is 3. The Kier molecular flexibility index (Phi) is 6.92. The highest BCUT2D eigenvalue weighted by Gasteiger charge is 2.17. The van der Waals surface area contributed by atoms with E-state index in [-0.39, 0.29) is 5.56 Å². The Bertz CT molecular complexity index is 1290. The first kappa shape index (κ1) is 22.3. The average molecular weight is 478 g/mol. The normalized spacial score (nSPS) is 14.7. The Labute approximate surface area is 202 Å². The quantitative estimate of drug-likeness (QED) is 0.275. The molecule has 1 aliphatic heterocycles. The molecule has 5 rings (SSSR count). The zero-order chi connectivity index (χ0) is 22.6. The van der Waals surface area contributed by atoms with E-state index in [1.54, 1.807) is 11.8 Å². The maximum atomic E-state index is 13.6. The number of morpholine rings is 1. The highest BCUT2D eigenvalue weighted by atomic mass is 32.2. The van der Waals surface area contributed by atoms with E-state index in [0.29, 0.717) is 6.54 Å². The number of fused-ring (bicyclic) bond motifs is 1. The Morgan fingerprint density at radius 2 is 1.85 bits per heavy atom. The maximum absolute atomic E-state index is 13.6. The van der Waals surface area contributed by atoms with E-state index in [0.717, 1.165) is 64.4 Å². The second-order valence-electron chi connectivity index (χ2n) is 8.27. The van der Waals surface area contributed by atoms with Crippen molar-refractivity contribution in [3.63, 3.8) is 0 Å². The molecule has 4 aromatic rings. The summed E-state index contributed by atoms with van der Waals surface area (Å²) in [6.07, 6.45) is 0. The molecule has 7 heteroatoms. The van der Waals surface area contributed by atoms with E-state index in [1.807, 2.05) is 22.8 Å². The van der Waals surface area contributed by atoms with E-state index in [9.17, 15) is 4.79 Å². The van der Waals surface area contributed by atoms with Crippen LogP contribution in [0.5, 0.6) is 0 Å². The molecule has 2 aromatic heterocycles. The second-order valence-corrected chi connectivity index (χ2v) is 10.3. The summed E-state index contributed by atoms with van der Waals surface area (Å²) in [6.45, 7) is 6.90. The number of thiophene rings is 1. The van der Waals surface area contributed by atoms with Gasteiger partial charge in [-0.1, -0.05) is 71.9 Å². The van der Waals surface area contributed by atoms with Gasteiger partial charge in [0.15, 0.2) is 5.16 Å². The van der Waals surface area contributed by atoms with Crippen LogP contribution < -0.4 is 5.56 Å². The van der Waals surface area contributed by atoms with Gasteiger partial charge in [-0.25, -0.2) is 4.98 Å². The van der Waals surface area contributed by atoms with Gasteiger partial charge in [-0.2, -0.15) is 0 Å². The van der Waals surface area contributed by atoms with Gasteiger partial charge in [0.2, 0.25) is 0 Å². The lowest BCUT2D eigenvalue weighted by atomic mass is 10.2. The Morgan fingerprint density at radius 3 is 2.64 bits per heavy atom. The number of hydrogen-bond acceptors (Lipinski definition) is 6. The predicted octanol–water partition coefficient (Wildman–Crippen LogP) is 5.06. The fourth-order valence-electron chi connectivity index (χ4n) is 4.06. The molecule has 170 valence electrons. The van der Waals surface area contributed by atoms with Crippen molar-refractivity contribution in [3.8, 4) is 10.4 Å². The molecular weight excluding hydrogens is 450 g/mol. The lowest BCUT2D eigenvalue weighted by Gasteiger charge is -2.27. The molecule has 0 unspecified atom stereocenters. The minimum Gasteiger partial charge on any atom is -0.379 e. The Hall–Kier alpha value is -2.45. The zero-order valence-electron chi connectivity index (χ0n) is 18.7. The van der Waals surface area contributed by atoms with Gasteiger partial charge in [-0.15, -0.1) is 11.3 Å². The lowest BCUT2D eigenvalue weighted by molar-refractivity contribution is 0.0359. The topological polar surface area (TPSA) is 47.4 Å². The van der Waals surface area contributed by atoms with Crippen LogP contribution in [0.25, 0.3) is 20.7 Å². The molecular formula is C26H27N3O2S2. The van der Waals surface area contributed by atoms with Gasteiger partial charge in [-0.3, -0.25) is 14.3 Å². The van der Waals surface area contributed by atoms with Gasteiger partial charge in [0.1, 0.15) is 4.70 Å². The van der Waals surface area contributed by atoms with Crippen LogP contribution in [-0.2, 0) is 17.0 Å². The molecule has 0 bridgehead atoms. The third-order valence-corrected chi connectivity index (χ3v) is 8.06. The van der Waals surface area contributed by atoms with E-state index < -0.39 is 0 Å². The van der Waals surface area contributed by atoms with Gasteiger partial charge in [0.05, 0.1) is 18.7 Å². The SMILES string of the molecule is Cc1cccc(CSc2nc3cc(-c4ccccc4)sc3c(=O)n2CCN2CCOCC2)c1. The van der Waals surface area contributed by atoms with Crippen LogP contribution in [0.1, 0.15) is 11.1 Å². The number of thioether (sulfide) groups is 1. The highest BCUT2D eigenvalue weighted by Crippen LogP contribution is 2.32. The fourth-order valence-corrected chi connectivity index (χ4v) is 6.08. The molecule has 0 atom stereocenters.